The first-order chi connectivity index (χ1) is 8.97. The number of nitrogens with one attached hydrogen (secondary N) is 1. The molecule has 0 amide bonds. The summed E-state index contributed by atoms with van der Waals surface area (Å²) < 4.78 is 0. The van der Waals surface area contributed by atoms with E-state index in [1.54, 1.807) is 0 Å². The Morgan fingerprint density at radius 3 is 2.53 bits per heavy atom. The van der Waals surface area contributed by atoms with Crippen molar-refractivity contribution in [1.82, 2.24) is 10.2 Å². The quantitative estimate of drug-likeness (QED) is 0.879. The van der Waals surface area contributed by atoms with Gasteiger partial charge in [-0.25, -0.2) is 0 Å². The van der Waals surface area contributed by atoms with Crippen molar-refractivity contribution >= 4 is 0 Å². The molecule has 1 saturated heterocycles. The van der Waals surface area contributed by atoms with E-state index in [0.717, 1.165) is 17.7 Å². The molecule has 3 nitrogen and oxygen atoms in total. The molecule has 1 aromatic carbocycles. The van der Waals surface area contributed by atoms with Crippen molar-refractivity contribution in [2.75, 3.05) is 13.6 Å². The number of benzene rings is 1. The van der Waals surface area contributed by atoms with Crippen molar-refractivity contribution < 1.29 is 5.11 Å². The molecule has 19 heavy (non-hydrogen) atoms. The van der Waals surface area contributed by atoms with Crippen LogP contribution in [0, 0.1) is 13.8 Å². The maximum atomic E-state index is 9.79. The van der Waals surface area contributed by atoms with E-state index in [4.69, 9.17) is 0 Å². The molecule has 2 atom stereocenters. The first-order valence-electron chi connectivity index (χ1n) is 7.20. The Morgan fingerprint density at radius 2 is 1.95 bits per heavy atom. The van der Waals surface area contributed by atoms with Crippen molar-refractivity contribution in [3.8, 4) is 5.75 Å². The van der Waals surface area contributed by atoms with Gasteiger partial charge in [0.25, 0.3) is 0 Å². The van der Waals surface area contributed by atoms with E-state index in [2.05, 4.69) is 36.3 Å². The van der Waals surface area contributed by atoms with Crippen LogP contribution in [0.1, 0.15) is 36.5 Å². The third-order valence-electron chi connectivity index (χ3n) is 4.35. The third kappa shape index (κ3) is 3.48. The minimum absolute atomic E-state index is 0.427. The summed E-state index contributed by atoms with van der Waals surface area (Å²) in [4.78, 5) is 2.42. The van der Waals surface area contributed by atoms with Crippen molar-refractivity contribution in [2.24, 2.45) is 0 Å². The Labute approximate surface area is 116 Å². The van der Waals surface area contributed by atoms with E-state index >= 15 is 0 Å². The lowest BCUT2D eigenvalue weighted by Crippen LogP contribution is -2.45. The Balaban J connectivity index is 1.92. The van der Waals surface area contributed by atoms with Gasteiger partial charge in [0.15, 0.2) is 0 Å². The zero-order valence-corrected chi connectivity index (χ0v) is 12.5. The molecular weight excluding hydrogens is 236 g/mol. The molecule has 1 aromatic rings. The summed E-state index contributed by atoms with van der Waals surface area (Å²) in [6, 6.07) is 5.43. The molecule has 0 bridgehead atoms. The van der Waals surface area contributed by atoms with Crippen molar-refractivity contribution in [2.45, 2.75) is 52.2 Å². The van der Waals surface area contributed by atoms with Gasteiger partial charge in [0.05, 0.1) is 0 Å². The Morgan fingerprint density at radius 1 is 1.32 bits per heavy atom. The number of hydrogen-bond acceptors (Lipinski definition) is 3. The molecule has 0 aromatic heterocycles. The van der Waals surface area contributed by atoms with E-state index in [1.807, 2.05) is 13.8 Å². The molecule has 0 spiro atoms. The van der Waals surface area contributed by atoms with Crippen LogP contribution in [0.3, 0.4) is 0 Å². The van der Waals surface area contributed by atoms with Gasteiger partial charge < -0.3 is 15.3 Å². The topological polar surface area (TPSA) is 35.5 Å². The summed E-state index contributed by atoms with van der Waals surface area (Å²) in [5.41, 5.74) is 3.20. The summed E-state index contributed by atoms with van der Waals surface area (Å²) in [7, 11) is 2.20. The SMILES string of the molecule is Cc1cc(CNC2CCN(C)C(C)C2)cc(C)c1O. The highest BCUT2D eigenvalue weighted by Crippen LogP contribution is 2.23. The van der Waals surface area contributed by atoms with Crippen LogP contribution in [-0.4, -0.2) is 35.7 Å². The first kappa shape index (κ1) is 14.4. The Kier molecular flexibility index (Phi) is 4.48. The van der Waals surface area contributed by atoms with Crippen LogP contribution in [0.25, 0.3) is 0 Å². The minimum atomic E-state index is 0.427. The smallest absolute Gasteiger partial charge is 0.121 e. The standard InChI is InChI=1S/C16H26N2O/c1-11-7-14(8-12(2)16(11)19)10-17-15-5-6-18(4)13(3)9-15/h7-8,13,15,17,19H,5-6,9-10H2,1-4H3. The summed E-state index contributed by atoms with van der Waals surface area (Å²) >= 11 is 0. The van der Waals surface area contributed by atoms with Crippen molar-refractivity contribution in [1.29, 1.82) is 0 Å². The number of nitrogens with zero attached hydrogens (tertiary/aromatic N) is 1. The second-order valence-electron chi connectivity index (χ2n) is 6.01. The molecule has 106 valence electrons. The van der Waals surface area contributed by atoms with Crippen LogP contribution in [0.5, 0.6) is 5.75 Å². The summed E-state index contributed by atoms with van der Waals surface area (Å²) in [6.45, 7) is 8.28. The molecule has 2 unspecified atom stereocenters. The van der Waals surface area contributed by atoms with Gasteiger partial charge in [-0.05, 0) is 63.9 Å². The molecular formula is C16H26N2O. The first-order valence-corrected chi connectivity index (χ1v) is 7.20. The predicted octanol–water partition coefficient (Wildman–Crippen LogP) is 2.58. The second-order valence-corrected chi connectivity index (χ2v) is 6.01. The zero-order chi connectivity index (χ0) is 14.0. The predicted molar refractivity (Wildman–Crippen MR) is 79.5 cm³/mol. The van der Waals surface area contributed by atoms with Crippen molar-refractivity contribution in [3.63, 3.8) is 0 Å². The summed E-state index contributed by atoms with van der Waals surface area (Å²) in [5.74, 6) is 0.427. The number of phenols is 1. The van der Waals surface area contributed by atoms with E-state index in [9.17, 15) is 5.11 Å². The normalized spacial score (nSPS) is 24.6. The maximum Gasteiger partial charge on any atom is 0.121 e. The molecule has 3 heteroatoms. The molecule has 2 N–H and O–H groups in total. The average Bonchev–Trinajstić information content (AvgIpc) is 2.37. The van der Waals surface area contributed by atoms with E-state index in [-0.39, 0.29) is 0 Å². The summed E-state index contributed by atoms with van der Waals surface area (Å²) in [5, 5.41) is 13.4. The van der Waals surface area contributed by atoms with Crippen LogP contribution >= 0.6 is 0 Å². The molecule has 1 fully saturated rings. The number of piperidine rings is 1. The van der Waals surface area contributed by atoms with Crippen LogP contribution in [0.2, 0.25) is 0 Å². The van der Waals surface area contributed by atoms with E-state index in [1.165, 1.54) is 24.9 Å². The Bertz CT molecular complexity index is 421. The van der Waals surface area contributed by atoms with Gasteiger partial charge >= 0.3 is 0 Å². The van der Waals surface area contributed by atoms with Crippen LogP contribution < -0.4 is 5.32 Å². The van der Waals surface area contributed by atoms with Gasteiger partial charge in [0.1, 0.15) is 5.75 Å². The monoisotopic (exact) mass is 262 g/mol. The van der Waals surface area contributed by atoms with Gasteiger partial charge in [-0.2, -0.15) is 0 Å². The lowest BCUT2D eigenvalue weighted by atomic mass is 9.98. The van der Waals surface area contributed by atoms with E-state index < -0.39 is 0 Å². The molecule has 1 heterocycles. The van der Waals surface area contributed by atoms with Gasteiger partial charge in [-0.3, -0.25) is 0 Å². The largest absolute Gasteiger partial charge is 0.507 e. The van der Waals surface area contributed by atoms with Crippen LogP contribution in [-0.2, 0) is 6.54 Å². The zero-order valence-electron chi connectivity index (χ0n) is 12.5. The van der Waals surface area contributed by atoms with Crippen LogP contribution in [0.15, 0.2) is 12.1 Å². The number of likely N-dealkylation sites (tertiary alicyclic amines) is 1. The fraction of sp³-hybridized carbons (Fsp3) is 0.625. The van der Waals surface area contributed by atoms with Gasteiger partial charge in [-0.15, -0.1) is 0 Å². The third-order valence-corrected chi connectivity index (χ3v) is 4.35. The lowest BCUT2D eigenvalue weighted by Gasteiger charge is -2.35. The van der Waals surface area contributed by atoms with Gasteiger partial charge in [0, 0.05) is 18.6 Å². The number of phenolic OH excluding ortho intramolecular Hbond substituents is 1. The molecule has 1 aliphatic heterocycles. The highest BCUT2D eigenvalue weighted by Gasteiger charge is 2.22. The van der Waals surface area contributed by atoms with Crippen molar-refractivity contribution in [3.05, 3.63) is 28.8 Å². The second kappa shape index (κ2) is 5.93. The number of hydrogen-bond donors (Lipinski definition) is 2. The molecule has 0 radical (unpaired) electrons. The lowest BCUT2D eigenvalue weighted by molar-refractivity contribution is 0.168. The summed E-state index contributed by atoms with van der Waals surface area (Å²) in [6.07, 6.45) is 2.43. The van der Waals surface area contributed by atoms with E-state index in [0.29, 0.717) is 17.8 Å². The highest BCUT2D eigenvalue weighted by molar-refractivity contribution is 5.42. The Hall–Kier alpha value is -1.06. The number of rotatable bonds is 3. The van der Waals surface area contributed by atoms with Gasteiger partial charge in [-0.1, -0.05) is 12.1 Å². The van der Waals surface area contributed by atoms with Gasteiger partial charge in [0.2, 0.25) is 0 Å². The number of aromatic hydroxyl groups is 1. The highest BCUT2D eigenvalue weighted by atomic mass is 16.3. The molecule has 2 rings (SSSR count). The molecule has 1 aliphatic rings. The molecule has 0 aliphatic carbocycles. The maximum absolute atomic E-state index is 9.79. The minimum Gasteiger partial charge on any atom is -0.507 e. The fourth-order valence-electron chi connectivity index (χ4n) is 2.88. The number of aryl methyl sites for hydroxylation is 2. The van der Waals surface area contributed by atoms with Crippen LogP contribution in [0.4, 0.5) is 0 Å². The fourth-order valence-corrected chi connectivity index (χ4v) is 2.88. The molecule has 0 saturated carbocycles. The average molecular weight is 262 g/mol.